The van der Waals surface area contributed by atoms with Gasteiger partial charge in [-0.2, -0.15) is 4.99 Å². The van der Waals surface area contributed by atoms with Crippen molar-refractivity contribution in [1.82, 2.24) is 4.98 Å². The van der Waals surface area contributed by atoms with Crippen LogP contribution < -0.4 is 21.5 Å². The molecule has 2 rings (SSSR count). The second-order valence-electron chi connectivity index (χ2n) is 4.95. The molecule has 0 bridgehead atoms. The van der Waals surface area contributed by atoms with E-state index >= 15 is 0 Å². The van der Waals surface area contributed by atoms with Crippen LogP contribution in [0.5, 0.6) is 5.75 Å². The molecule has 0 amide bonds. The Bertz CT molecular complexity index is 729. The van der Waals surface area contributed by atoms with E-state index in [0.29, 0.717) is 11.4 Å². The van der Waals surface area contributed by atoms with E-state index in [0.717, 1.165) is 10.9 Å². The number of benzene rings is 1. The van der Waals surface area contributed by atoms with E-state index in [1.165, 1.54) is 0 Å². The topological polar surface area (TPSA) is 111 Å². The first-order chi connectivity index (χ1) is 10.5. The van der Waals surface area contributed by atoms with Gasteiger partial charge in [0.2, 0.25) is 11.9 Å². The number of anilines is 1. The normalized spacial score (nSPS) is 12.2. The summed E-state index contributed by atoms with van der Waals surface area (Å²) in [4.78, 5) is 12.5. The highest BCUT2D eigenvalue weighted by molar-refractivity contribution is 6.05. The number of ether oxygens (including phenoxy) is 1. The van der Waals surface area contributed by atoms with Crippen molar-refractivity contribution in [2.24, 2.45) is 21.5 Å². The fraction of sp³-hybridized carbons (Fsp3) is 0.267. The van der Waals surface area contributed by atoms with Gasteiger partial charge in [0.25, 0.3) is 0 Å². The predicted molar refractivity (Wildman–Crippen MR) is 97.5 cm³/mol. The van der Waals surface area contributed by atoms with Crippen LogP contribution in [0.15, 0.2) is 40.4 Å². The Balaban J connectivity index is 0.00000264. The third-order valence-corrected chi connectivity index (χ3v) is 2.80. The van der Waals surface area contributed by atoms with E-state index < -0.39 is 0 Å². The van der Waals surface area contributed by atoms with Crippen molar-refractivity contribution in [3.05, 3.63) is 30.5 Å². The van der Waals surface area contributed by atoms with Crippen LogP contribution in [0.2, 0.25) is 0 Å². The lowest BCUT2D eigenvalue weighted by molar-refractivity contribution is 0.415. The minimum absolute atomic E-state index is 0. The zero-order chi connectivity index (χ0) is 16.1. The standard InChI is InChI=1S/C15H20N6O.ClH/c1-9(2)19-14(16)21-15(17)20-12-8-11(22-3)7-10-5-4-6-18-13(10)12;/h4-9H,1-3H3,(H5,16,17,19,20,21);1H. The maximum atomic E-state index is 5.87. The zero-order valence-electron chi connectivity index (χ0n) is 13.3. The number of halogens is 1. The van der Waals surface area contributed by atoms with Crippen LogP contribution in [0.1, 0.15) is 13.8 Å². The molecule has 5 N–H and O–H groups in total. The van der Waals surface area contributed by atoms with Gasteiger partial charge in [-0.05, 0) is 26.0 Å². The molecule has 0 radical (unpaired) electrons. The fourth-order valence-electron chi connectivity index (χ4n) is 1.96. The minimum Gasteiger partial charge on any atom is -0.497 e. The van der Waals surface area contributed by atoms with Gasteiger partial charge in [0.1, 0.15) is 5.75 Å². The van der Waals surface area contributed by atoms with E-state index in [9.17, 15) is 0 Å². The number of methoxy groups -OCH3 is 1. The summed E-state index contributed by atoms with van der Waals surface area (Å²) < 4.78 is 5.28. The molecule has 1 heterocycles. The molecule has 124 valence electrons. The van der Waals surface area contributed by atoms with Crippen molar-refractivity contribution in [3.8, 4) is 5.75 Å². The highest BCUT2D eigenvalue weighted by Gasteiger charge is 2.07. The third-order valence-electron chi connectivity index (χ3n) is 2.80. The molecule has 0 aliphatic heterocycles. The first-order valence-corrected chi connectivity index (χ1v) is 6.87. The summed E-state index contributed by atoms with van der Waals surface area (Å²) in [5.74, 6) is 0.960. The lowest BCUT2D eigenvalue weighted by Gasteiger charge is -2.10. The summed E-state index contributed by atoms with van der Waals surface area (Å²) >= 11 is 0. The first-order valence-electron chi connectivity index (χ1n) is 6.87. The van der Waals surface area contributed by atoms with Crippen molar-refractivity contribution in [2.45, 2.75) is 19.9 Å². The highest BCUT2D eigenvalue weighted by Crippen LogP contribution is 2.27. The third kappa shape index (κ3) is 5.00. The van der Waals surface area contributed by atoms with Gasteiger partial charge in [-0.1, -0.05) is 6.07 Å². The van der Waals surface area contributed by atoms with Gasteiger partial charge in [-0.15, -0.1) is 12.4 Å². The fourth-order valence-corrected chi connectivity index (χ4v) is 1.96. The van der Waals surface area contributed by atoms with Gasteiger partial charge in [0.05, 0.1) is 18.3 Å². The maximum absolute atomic E-state index is 5.87. The Labute approximate surface area is 141 Å². The molecule has 2 aromatic rings. The smallest absolute Gasteiger partial charge is 0.218 e. The Kier molecular flexibility index (Phi) is 6.59. The highest BCUT2D eigenvalue weighted by atomic mass is 35.5. The summed E-state index contributed by atoms with van der Waals surface area (Å²) in [6.45, 7) is 3.82. The van der Waals surface area contributed by atoms with Crippen LogP contribution in [-0.2, 0) is 0 Å². The molecular formula is C15H21ClN6O. The van der Waals surface area contributed by atoms with Crippen molar-refractivity contribution in [2.75, 3.05) is 12.4 Å². The van der Waals surface area contributed by atoms with Gasteiger partial charge in [0.15, 0.2) is 0 Å². The average Bonchev–Trinajstić information content (AvgIpc) is 2.45. The number of hydrogen-bond donors (Lipinski definition) is 3. The first kappa shape index (κ1) is 18.5. The largest absolute Gasteiger partial charge is 0.497 e. The van der Waals surface area contributed by atoms with Crippen molar-refractivity contribution < 1.29 is 4.74 Å². The molecule has 23 heavy (non-hydrogen) atoms. The molecule has 0 aliphatic carbocycles. The van der Waals surface area contributed by atoms with Crippen LogP contribution in [0.3, 0.4) is 0 Å². The van der Waals surface area contributed by atoms with Gasteiger partial charge in [0, 0.05) is 23.7 Å². The summed E-state index contributed by atoms with van der Waals surface area (Å²) in [5.41, 5.74) is 13.0. The lowest BCUT2D eigenvalue weighted by Crippen LogP contribution is -2.26. The van der Waals surface area contributed by atoms with E-state index in [2.05, 4.69) is 20.3 Å². The number of pyridine rings is 1. The molecule has 8 heteroatoms. The molecule has 0 unspecified atom stereocenters. The molecule has 0 spiro atoms. The van der Waals surface area contributed by atoms with Gasteiger partial charge in [-0.25, -0.2) is 4.99 Å². The number of nitrogens with two attached hydrogens (primary N) is 2. The molecule has 7 nitrogen and oxygen atoms in total. The summed E-state index contributed by atoms with van der Waals surface area (Å²) in [7, 11) is 1.60. The van der Waals surface area contributed by atoms with Crippen LogP contribution in [0.4, 0.5) is 5.69 Å². The Morgan fingerprint density at radius 3 is 2.70 bits per heavy atom. The van der Waals surface area contributed by atoms with Crippen LogP contribution in [0, 0.1) is 0 Å². The monoisotopic (exact) mass is 336 g/mol. The number of aromatic nitrogens is 1. The predicted octanol–water partition coefficient (Wildman–Crippen LogP) is 2.11. The van der Waals surface area contributed by atoms with Gasteiger partial charge >= 0.3 is 0 Å². The number of aliphatic imine (C=N–C) groups is 2. The summed E-state index contributed by atoms with van der Waals surface area (Å²) in [5, 5.41) is 3.92. The Morgan fingerprint density at radius 1 is 1.30 bits per heavy atom. The van der Waals surface area contributed by atoms with Crippen LogP contribution >= 0.6 is 12.4 Å². The quantitative estimate of drug-likeness (QED) is 0.587. The van der Waals surface area contributed by atoms with Gasteiger partial charge in [-0.3, -0.25) is 4.98 Å². The molecule has 0 saturated heterocycles. The molecular weight excluding hydrogens is 316 g/mol. The van der Waals surface area contributed by atoms with E-state index in [1.807, 2.05) is 32.0 Å². The number of rotatable bonds is 3. The SMILES string of the molecule is COc1cc(N/C(N)=N/C(N)=NC(C)C)c2ncccc2c1.Cl. The van der Waals surface area contributed by atoms with Crippen molar-refractivity contribution in [3.63, 3.8) is 0 Å². The van der Waals surface area contributed by atoms with Crippen LogP contribution in [0.25, 0.3) is 10.9 Å². The summed E-state index contributed by atoms with van der Waals surface area (Å²) in [6.07, 6.45) is 1.71. The maximum Gasteiger partial charge on any atom is 0.218 e. The molecule has 0 saturated carbocycles. The minimum atomic E-state index is 0. The number of nitrogens with zero attached hydrogens (tertiary/aromatic N) is 3. The van der Waals surface area contributed by atoms with E-state index in [1.54, 1.807) is 19.4 Å². The second kappa shape index (κ2) is 8.19. The van der Waals surface area contributed by atoms with Crippen LogP contribution in [-0.4, -0.2) is 30.1 Å². The molecule has 0 fully saturated rings. The molecule has 1 aromatic heterocycles. The number of nitrogens with one attached hydrogen (secondary N) is 1. The molecule has 0 atom stereocenters. The Hall–Kier alpha value is -2.54. The molecule has 0 aliphatic rings. The molecule has 1 aromatic carbocycles. The zero-order valence-corrected chi connectivity index (χ0v) is 14.1. The second-order valence-corrected chi connectivity index (χ2v) is 4.95. The number of fused-ring (bicyclic) bond motifs is 1. The Morgan fingerprint density at radius 2 is 2.04 bits per heavy atom. The van der Waals surface area contributed by atoms with Crippen molar-refractivity contribution >= 4 is 40.9 Å². The number of hydrogen-bond acceptors (Lipinski definition) is 3. The summed E-state index contributed by atoms with van der Waals surface area (Å²) in [6, 6.07) is 7.55. The average molecular weight is 337 g/mol. The van der Waals surface area contributed by atoms with E-state index in [4.69, 9.17) is 16.2 Å². The number of guanidine groups is 2. The van der Waals surface area contributed by atoms with Gasteiger partial charge < -0.3 is 21.5 Å². The lowest BCUT2D eigenvalue weighted by atomic mass is 10.2. The van der Waals surface area contributed by atoms with Crippen molar-refractivity contribution in [1.29, 1.82) is 0 Å². The van der Waals surface area contributed by atoms with E-state index in [-0.39, 0.29) is 30.4 Å².